The van der Waals surface area contributed by atoms with Gasteiger partial charge in [0, 0.05) is 18.7 Å². The molecule has 1 heterocycles. The molecular formula is C12H11ClFN3O. The zero-order valence-electron chi connectivity index (χ0n) is 9.65. The first-order valence-corrected chi connectivity index (χ1v) is 5.55. The Morgan fingerprint density at radius 1 is 1.33 bits per heavy atom. The van der Waals surface area contributed by atoms with Crippen LogP contribution in [0.5, 0.6) is 0 Å². The first kappa shape index (κ1) is 12.7. The molecule has 1 aromatic heterocycles. The van der Waals surface area contributed by atoms with Crippen molar-refractivity contribution in [3.63, 3.8) is 0 Å². The molecule has 0 aliphatic rings. The molecule has 0 aliphatic carbocycles. The molecule has 0 amide bonds. The summed E-state index contributed by atoms with van der Waals surface area (Å²) >= 11 is 5.73. The second-order valence-corrected chi connectivity index (χ2v) is 4.06. The fourth-order valence-electron chi connectivity index (χ4n) is 1.51. The van der Waals surface area contributed by atoms with Crippen LogP contribution in [0.3, 0.4) is 0 Å². The number of rotatable bonds is 3. The number of hydrogen-bond acceptors (Lipinski definition) is 4. The van der Waals surface area contributed by atoms with Crippen LogP contribution in [0.1, 0.15) is 5.82 Å². The molecule has 0 unspecified atom stereocenters. The van der Waals surface area contributed by atoms with Gasteiger partial charge >= 0.3 is 0 Å². The number of aromatic nitrogens is 2. The Hall–Kier alpha value is -1.72. The second-order valence-electron chi connectivity index (χ2n) is 3.66. The van der Waals surface area contributed by atoms with E-state index < -0.39 is 5.82 Å². The van der Waals surface area contributed by atoms with Crippen LogP contribution >= 0.6 is 11.6 Å². The maximum Gasteiger partial charge on any atom is 0.157 e. The van der Waals surface area contributed by atoms with E-state index in [1.807, 2.05) is 0 Å². The number of anilines is 1. The fraction of sp³-hybridized carbons (Fsp3) is 0.167. The third kappa shape index (κ3) is 2.75. The number of benzene rings is 1. The van der Waals surface area contributed by atoms with Gasteiger partial charge in [-0.15, -0.1) is 0 Å². The number of hydrogen-bond donors (Lipinski definition) is 1. The van der Waals surface area contributed by atoms with Crippen LogP contribution in [-0.4, -0.2) is 17.1 Å². The summed E-state index contributed by atoms with van der Waals surface area (Å²) < 4.78 is 18.0. The van der Waals surface area contributed by atoms with Crippen molar-refractivity contribution >= 4 is 17.4 Å². The minimum atomic E-state index is -0.473. The number of nitrogens with zero attached hydrogens (tertiary/aromatic N) is 2. The third-order valence-electron chi connectivity index (χ3n) is 2.28. The molecule has 2 rings (SSSR count). The molecule has 1 aromatic carbocycles. The van der Waals surface area contributed by atoms with Gasteiger partial charge in [-0.3, -0.25) is 0 Å². The van der Waals surface area contributed by atoms with Crippen molar-refractivity contribution < 1.29 is 9.13 Å². The van der Waals surface area contributed by atoms with Gasteiger partial charge in [-0.25, -0.2) is 14.4 Å². The Morgan fingerprint density at radius 2 is 2.11 bits per heavy atom. The highest BCUT2D eigenvalue weighted by Crippen LogP contribution is 2.24. The predicted molar refractivity (Wildman–Crippen MR) is 67.6 cm³/mol. The summed E-state index contributed by atoms with van der Waals surface area (Å²) in [5.41, 5.74) is 6.94. The lowest BCUT2D eigenvalue weighted by molar-refractivity contribution is 0.178. The quantitative estimate of drug-likeness (QED) is 0.929. The lowest BCUT2D eigenvalue weighted by Crippen LogP contribution is -2.02. The first-order chi connectivity index (χ1) is 8.60. The number of methoxy groups -OCH3 is 1. The van der Waals surface area contributed by atoms with Gasteiger partial charge < -0.3 is 10.5 Å². The first-order valence-electron chi connectivity index (χ1n) is 5.18. The van der Waals surface area contributed by atoms with Crippen LogP contribution in [-0.2, 0) is 11.3 Å². The maximum atomic E-state index is 13.1. The highest BCUT2D eigenvalue weighted by molar-refractivity contribution is 6.31. The van der Waals surface area contributed by atoms with E-state index in [9.17, 15) is 4.39 Å². The minimum Gasteiger partial charge on any atom is -0.384 e. The number of nitrogen functional groups attached to an aromatic ring is 1. The highest BCUT2D eigenvalue weighted by atomic mass is 35.5. The lowest BCUT2D eigenvalue weighted by Gasteiger charge is -2.06. The molecule has 0 saturated heterocycles. The number of halogens is 2. The van der Waals surface area contributed by atoms with Crippen LogP contribution in [0.25, 0.3) is 11.3 Å². The van der Waals surface area contributed by atoms with E-state index in [0.29, 0.717) is 22.9 Å². The van der Waals surface area contributed by atoms with Crippen molar-refractivity contribution in [2.45, 2.75) is 6.61 Å². The van der Waals surface area contributed by atoms with Gasteiger partial charge in [-0.1, -0.05) is 11.6 Å². The SMILES string of the molecule is COCc1nc(N)cc(-c2ccc(F)c(Cl)c2)n1. The molecule has 0 atom stereocenters. The lowest BCUT2D eigenvalue weighted by atomic mass is 10.1. The molecule has 18 heavy (non-hydrogen) atoms. The van der Waals surface area contributed by atoms with Crippen molar-refractivity contribution in [1.82, 2.24) is 9.97 Å². The number of ether oxygens (including phenoxy) is 1. The smallest absolute Gasteiger partial charge is 0.157 e. The van der Waals surface area contributed by atoms with Gasteiger partial charge in [0.05, 0.1) is 10.7 Å². The van der Waals surface area contributed by atoms with Gasteiger partial charge in [-0.05, 0) is 18.2 Å². The summed E-state index contributed by atoms with van der Waals surface area (Å²) in [6, 6.07) is 5.96. The highest BCUT2D eigenvalue weighted by Gasteiger charge is 2.07. The topological polar surface area (TPSA) is 61.0 Å². The fourth-order valence-corrected chi connectivity index (χ4v) is 1.70. The van der Waals surface area contributed by atoms with Crippen molar-refractivity contribution in [3.8, 4) is 11.3 Å². The summed E-state index contributed by atoms with van der Waals surface area (Å²) in [5.74, 6) is 0.319. The Labute approximate surface area is 109 Å². The Bertz CT molecular complexity index is 577. The molecule has 0 aliphatic heterocycles. The zero-order valence-corrected chi connectivity index (χ0v) is 10.4. The maximum absolute atomic E-state index is 13.1. The van der Waals surface area contributed by atoms with Crippen LogP contribution < -0.4 is 5.73 Å². The summed E-state index contributed by atoms with van der Waals surface area (Å²) in [6.07, 6.45) is 0. The molecule has 0 spiro atoms. The molecule has 4 nitrogen and oxygen atoms in total. The molecule has 0 bridgehead atoms. The van der Waals surface area contributed by atoms with Crippen molar-refractivity contribution in [1.29, 1.82) is 0 Å². The van der Waals surface area contributed by atoms with Gasteiger partial charge in [0.15, 0.2) is 5.82 Å². The summed E-state index contributed by atoms with van der Waals surface area (Å²) in [4.78, 5) is 8.29. The summed E-state index contributed by atoms with van der Waals surface area (Å²) in [7, 11) is 1.54. The van der Waals surface area contributed by atoms with Crippen molar-refractivity contribution in [2.24, 2.45) is 0 Å². The van der Waals surface area contributed by atoms with Gasteiger partial charge in [-0.2, -0.15) is 0 Å². The van der Waals surface area contributed by atoms with Gasteiger partial charge in [0.1, 0.15) is 18.2 Å². The monoisotopic (exact) mass is 267 g/mol. The molecular weight excluding hydrogens is 257 g/mol. The molecule has 0 radical (unpaired) electrons. The predicted octanol–water partition coefficient (Wildman–Crippen LogP) is 2.66. The second kappa shape index (κ2) is 5.29. The van der Waals surface area contributed by atoms with E-state index in [-0.39, 0.29) is 11.6 Å². The van der Waals surface area contributed by atoms with E-state index in [2.05, 4.69) is 9.97 Å². The van der Waals surface area contributed by atoms with Crippen LogP contribution in [0, 0.1) is 5.82 Å². The van der Waals surface area contributed by atoms with E-state index >= 15 is 0 Å². The summed E-state index contributed by atoms with van der Waals surface area (Å²) in [5, 5.41) is 0.0398. The van der Waals surface area contributed by atoms with Crippen molar-refractivity contribution in [3.05, 3.63) is 40.9 Å². The van der Waals surface area contributed by atoms with Gasteiger partial charge in [0.2, 0.25) is 0 Å². The van der Waals surface area contributed by atoms with Gasteiger partial charge in [0.25, 0.3) is 0 Å². The molecule has 0 saturated carbocycles. The Balaban J connectivity index is 2.46. The van der Waals surface area contributed by atoms with Crippen LogP contribution in [0.2, 0.25) is 5.02 Å². The number of nitrogens with two attached hydrogens (primary N) is 1. The Kier molecular flexibility index (Phi) is 3.74. The van der Waals surface area contributed by atoms with E-state index in [1.54, 1.807) is 19.2 Å². The third-order valence-corrected chi connectivity index (χ3v) is 2.57. The van der Waals surface area contributed by atoms with E-state index in [1.165, 1.54) is 12.1 Å². The van der Waals surface area contributed by atoms with E-state index in [4.69, 9.17) is 22.1 Å². The molecule has 0 fully saturated rings. The van der Waals surface area contributed by atoms with Crippen LogP contribution in [0.15, 0.2) is 24.3 Å². The Morgan fingerprint density at radius 3 is 2.78 bits per heavy atom. The molecule has 6 heteroatoms. The van der Waals surface area contributed by atoms with Crippen LogP contribution in [0.4, 0.5) is 10.2 Å². The molecule has 2 N–H and O–H groups in total. The minimum absolute atomic E-state index is 0.0398. The standard InChI is InChI=1S/C12H11ClFN3O/c1-18-6-12-16-10(5-11(15)17-12)7-2-3-9(14)8(13)4-7/h2-5H,6H2,1H3,(H2,15,16,17). The van der Waals surface area contributed by atoms with Crippen molar-refractivity contribution in [2.75, 3.05) is 12.8 Å². The average molecular weight is 268 g/mol. The zero-order chi connectivity index (χ0) is 13.1. The normalized spacial score (nSPS) is 10.6. The molecule has 94 valence electrons. The molecule has 2 aromatic rings. The van der Waals surface area contributed by atoms with E-state index in [0.717, 1.165) is 0 Å². The largest absolute Gasteiger partial charge is 0.384 e. The average Bonchev–Trinajstić information content (AvgIpc) is 2.32. The summed E-state index contributed by atoms with van der Waals surface area (Å²) in [6.45, 7) is 0.257.